The molecule has 0 N–H and O–H groups in total. The first-order chi connectivity index (χ1) is 6.60. The number of rotatable bonds is 5. The first-order valence-corrected chi connectivity index (χ1v) is 4.22. The number of ether oxygens (including phenoxy) is 2. The van der Waals surface area contributed by atoms with Gasteiger partial charge in [-0.15, -0.1) is 0 Å². The number of hydrogen-bond donors (Lipinski definition) is 0. The fraction of sp³-hybridized carbons (Fsp3) is 0.400. The lowest BCUT2D eigenvalue weighted by atomic mass is 10.4. The van der Waals surface area contributed by atoms with Gasteiger partial charge in [0.05, 0.1) is 0 Å². The normalized spacial score (nSPS) is 12.1. The highest BCUT2D eigenvalue weighted by atomic mass is 16.6. The van der Waals surface area contributed by atoms with Crippen molar-refractivity contribution >= 4 is 11.9 Å². The van der Waals surface area contributed by atoms with Crippen molar-refractivity contribution in [2.45, 2.75) is 20.0 Å². The lowest BCUT2D eigenvalue weighted by molar-refractivity contribution is -0.151. The lowest BCUT2D eigenvalue weighted by Crippen LogP contribution is -2.20. The Morgan fingerprint density at radius 3 is 2.57 bits per heavy atom. The smallest absolute Gasteiger partial charge is 0.330 e. The van der Waals surface area contributed by atoms with Crippen LogP contribution in [-0.4, -0.2) is 24.6 Å². The molecular formula is C10H14O4. The number of esters is 2. The second-order valence-electron chi connectivity index (χ2n) is 2.58. The molecule has 0 fully saturated rings. The van der Waals surface area contributed by atoms with Gasteiger partial charge in [0.15, 0.2) is 0 Å². The highest BCUT2D eigenvalue weighted by Crippen LogP contribution is 1.94. The molecule has 0 radical (unpaired) electrons. The lowest BCUT2D eigenvalue weighted by Gasteiger charge is -2.10. The summed E-state index contributed by atoms with van der Waals surface area (Å²) in [6, 6.07) is 0. The van der Waals surface area contributed by atoms with Crippen molar-refractivity contribution in [3.63, 3.8) is 0 Å². The fourth-order valence-corrected chi connectivity index (χ4v) is 0.664. The molecule has 14 heavy (non-hydrogen) atoms. The van der Waals surface area contributed by atoms with Gasteiger partial charge in [-0.25, -0.2) is 9.59 Å². The molecule has 0 saturated carbocycles. The van der Waals surface area contributed by atoms with Crippen molar-refractivity contribution in [1.82, 2.24) is 0 Å². The first-order valence-electron chi connectivity index (χ1n) is 4.22. The Kier molecular flexibility index (Phi) is 6.11. The van der Waals surface area contributed by atoms with Crippen LogP contribution < -0.4 is 0 Å². The zero-order valence-electron chi connectivity index (χ0n) is 8.36. The summed E-state index contributed by atoms with van der Waals surface area (Å²) in [7, 11) is 0. The maximum Gasteiger partial charge on any atom is 0.330 e. The molecule has 78 valence electrons. The van der Waals surface area contributed by atoms with E-state index < -0.39 is 18.0 Å². The van der Waals surface area contributed by atoms with Crippen LogP contribution in [0.25, 0.3) is 0 Å². The van der Waals surface area contributed by atoms with Gasteiger partial charge in [-0.3, -0.25) is 0 Å². The third kappa shape index (κ3) is 5.99. The Hall–Kier alpha value is -1.58. The van der Waals surface area contributed by atoms with E-state index in [2.05, 4.69) is 6.58 Å². The van der Waals surface area contributed by atoms with Gasteiger partial charge in [0.2, 0.25) is 0 Å². The van der Waals surface area contributed by atoms with Gasteiger partial charge >= 0.3 is 11.9 Å². The average molecular weight is 198 g/mol. The molecule has 0 saturated heterocycles. The van der Waals surface area contributed by atoms with Crippen LogP contribution in [0.4, 0.5) is 0 Å². The van der Waals surface area contributed by atoms with Crippen LogP contribution in [0.1, 0.15) is 13.8 Å². The molecule has 0 rings (SSSR count). The summed E-state index contributed by atoms with van der Waals surface area (Å²) in [4.78, 5) is 21.5. The van der Waals surface area contributed by atoms with Crippen LogP contribution in [0.2, 0.25) is 0 Å². The fourth-order valence-electron chi connectivity index (χ4n) is 0.664. The molecule has 1 atom stereocenters. The Bertz CT molecular complexity index is 243. The average Bonchev–Trinajstić information content (AvgIpc) is 2.15. The van der Waals surface area contributed by atoms with Crippen molar-refractivity contribution in [3.05, 3.63) is 24.8 Å². The van der Waals surface area contributed by atoms with E-state index in [0.29, 0.717) is 0 Å². The standard InChI is InChI=1S/C10H14O4/c1-4-6-10(12)13-7-8(3)14-9(11)5-2/h4-6,8H,2,7H2,1,3H3/b6-4+. The van der Waals surface area contributed by atoms with Gasteiger partial charge in [-0.05, 0) is 13.8 Å². The predicted molar refractivity (Wildman–Crippen MR) is 51.5 cm³/mol. The minimum Gasteiger partial charge on any atom is -0.459 e. The van der Waals surface area contributed by atoms with Crippen molar-refractivity contribution in [1.29, 1.82) is 0 Å². The molecule has 4 heteroatoms. The summed E-state index contributed by atoms with van der Waals surface area (Å²) < 4.78 is 9.52. The van der Waals surface area contributed by atoms with E-state index in [1.165, 1.54) is 6.08 Å². The molecule has 0 aromatic heterocycles. The molecule has 0 aromatic carbocycles. The quantitative estimate of drug-likeness (QED) is 0.492. The zero-order chi connectivity index (χ0) is 11.0. The highest BCUT2D eigenvalue weighted by Gasteiger charge is 2.08. The second-order valence-corrected chi connectivity index (χ2v) is 2.58. The summed E-state index contributed by atoms with van der Waals surface area (Å²) in [6.45, 7) is 6.63. The van der Waals surface area contributed by atoms with Crippen LogP contribution in [0.15, 0.2) is 24.8 Å². The third-order valence-electron chi connectivity index (χ3n) is 1.25. The van der Waals surface area contributed by atoms with Crippen LogP contribution in [-0.2, 0) is 19.1 Å². The SMILES string of the molecule is C=CC(=O)OC(C)COC(=O)/C=C/C. The monoisotopic (exact) mass is 198 g/mol. The Labute approximate surface area is 83.2 Å². The van der Waals surface area contributed by atoms with E-state index in [9.17, 15) is 9.59 Å². The van der Waals surface area contributed by atoms with E-state index in [1.807, 2.05) is 0 Å². The zero-order valence-corrected chi connectivity index (χ0v) is 8.36. The molecular weight excluding hydrogens is 184 g/mol. The van der Waals surface area contributed by atoms with Crippen LogP contribution in [0.3, 0.4) is 0 Å². The van der Waals surface area contributed by atoms with Gasteiger partial charge in [0.25, 0.3) is 0 Å². The van der Waals surface area contributed by atoms with Crippen molar-refractivity contribution in [2.75, 3.05) is 6.61 Å². The minimum atomic E-state index is -0.528. The summed E-state index contributed by atoms with van der Waals surface area (Å²) in [5, 5.41) is 0. The van der Waals surface area contributed by atoms with Crippen molar-refractivity contribution < 1.29 is 19.1 Å². The van der Waals surface area contributed by atoms with Gasteiger partial charge in [0.1, 0.15) is 12.7 Å². The van der Waals surface area contributed by atoms with E-state index in [4.69, 9.17) is 9.47 Å². The van der Waals surface area contributed by atoms with Crippen LogP contribution in [0, 0.1) is 0 Å². The molecule has 0 aliphatic rings. The minimum absolute atomic E-state index is 0.0444. The summed E-state index contributed by atoms with van der Waals surface area (Å²) >= 11 is 0. The Morgan fingerprint density at radius 2 is 2.07 bits per heavy atom. The number of carbonyl (C=O) groups excluding carboxylic acids is 2. The topological polar surface area (TPSA) is 52.6 Å². The van der Waals surface area contributed by atoms with Crippen molar-refractivity contribution in [3.8, 4) is 0 Å². The molecule has 0 aliphatic heterocycles. The number of carbonyl (C=O) groups is 2. The molecule has 0 heterocycles. The molecule has 4 nitrogen and oxygen atoms in total. The van der Waals surface area contributed by atoms with Crippen LogP contribution in [0.5, 0.6) is 0 Å². The largest absolute Gasteiger partial charge is 0.459 e. The number of hydrogen-bond acceptors (Lipinski definition) is 4. The summed E-state index contributed by atoms with van der Waals surface area (Å²) in [6.07, 6.45) is 3.46. The maximum absolute atomic E-state index is 10.8. The molecule has 0 aromatic rings. The Morgan fingerprint density at radius 1 is 1.43 bits per heavy atom. The highest BCUT2D eigenvalue weighted by molar-refractivity contribution is 5.82. The summed E-state index contributed by atoms with van der Waals surface area (Å²) in [5.74, 6) is -0.978. The molecule has 0 amide bonds. The van der Waals surface area contributed by atoms with E-state index >= 15 is 0 Å². The second kappa shape index (κ2) is 6.88. The van der Waals surface area contributed by atoms with E-state index in [-0.39, 0.29) is 6.61 Å². The van der Waals surface area contributed by atoms with Gasteiger partial charge < -0.3 is 9.47 Å². The maximum atomic E-state index is 10.8. The number of allylic oxidation sites excluding steroid dienone is 1. The third-order valence-corrected chi connectivity index (χ3v) is 1.25. The first kappa shape index (κ1) is 12.4. The molecule has 0 aliphatic carbocycles. The summed E-state index contributed by atoms with van der Waals surface area (Å²) in [5.41, 5.74) is 0. The van der Waals surface area contributed by atoms with Gasteiger partial charge in [-0.2, -0.15) is 0 Å². The van der Waals surface area contributed by atoms with Crippen LogP contribution >= 0.6 is 0 Å². The molecule has 1 unspecified atom stereocenters. The molecule has 0 bridgehead atoms. The Balaban J connectivity index is 3.73. The van der Waals surface area contributed by atoms with E-state index in [1.54, 1.807) is 19.9 Å². The van der Waals surface area contributed by atoms with E-state index in [0.717, 1.165) is 6.08 Å². The molecule has 0 spiro atoms. The van der Waals surface area contributed by atoms with Crippen molar-refractivity contribution in [2.24, 2.45) is 0 Å². The van der Waals surface area contributed by atoms with Gasteiger partial charge in [-0.1, -0.05) is 12.7 Å². The van der Waals surface area contributed by atoms with Gasteiger partial charge in [0, 0.05) is 12.2 Å². The predicted octanol–water partition coefficient (Wildman–Crippen LogP) is 1.22.